The summed E-state index contributed by atoms with van der Waals surface area (Å²) < 4.78 is 8.17. The van der Waals surface area contributed by atoms with Gasteiger partial charge in [0.05, 0.1) is 23.5 Å². The largest absolute Gasteiger partial charge is 0.466 e. The predicted octanol–water partition coefficient (Wildman–Crippen LogP) is 1.87. The van der Waals surface area contributed by atoms with Gasteiger partial charge in [-0.25, -0.2) is 4.98 Å². The van der Waals surface area contributed by atoms with Gasteiger partial charge in [-0.3, -0.25) is 24.2 Å². The highest BCUT2D eigenvalue weighted by atomic mass is 16.5. The Kier molecular flexibility index (Phi) is 5.82. The maximum Gasteiger partial charge on any atom is 0.309 e. The van der Waals surface area contributed by atoms with Crippen molar-refractivity contribution in [3.8, 4) is 0 Å². The molecular formula is C23H27N5O4. The number of nitrogens with zero attached hydrogens (tertiary/aromatic N) is 4. The molecule has 1 aliphatic heterocycles. The third-order valence-electron chi connectivity index (χ3n) is 6.08. The smallest absolute Gasteiger partial charge is 0.309 e. The van der Waals surface area contributed by atoms with Crippen LogP contribution in [0.2, 0.25) is 0 Å². The first-order valence-corrected chi connectivity index (χ1v) is 10.9. The molecule has 0 saturated carbocycles. The van der Waals surface area contributed by atoms with Crippen LogP contribution in [-0.4, -0.2) is 50.4 Å². The molecule has 1 N–H and O–H groups in total. The van der Waals surface area contributed by atoms with E-state index >= 15 is 0 Å². The van der Waals surface area contributed by atoms with E-state index in [1.165, 1.54) is 10.5 Å². The lowest BCUT2D eigenvalue weighted by Crippen LogP contribution is -2.43. The van der Waals surface area contributed by atoms with Crippen LogP contribution < -0.4 is 11.0 Å². The fraction of sp³-hybridized carbons (Fsp3) is 0.435. The van der Waals surface area contributed by atoms with Gasteiger partial charge in [0.2, 0.25) is 0 Å². The van der Waals surface area contributed by atoms with Crippen LogP contribution in [0.5, 0.6) is 0 Å². The molecule has 0 bridgehead atoms. The van der Waals surface area contributed by atoms with Crippen LogP contribution >= 0.6 is 0 Å². The number of carbonyl (C=O) groups is 2. The van der Waals surface area contributed by atoms with Gasteiger partial charge in [-0.2, -0.15) is 0 Å². The number of piperidine rings is 1. The van der Waals surface area contributed by atoms with Gasteiger partial charge in [-0.15, -0.1) is 0 Å². The number of amides is 1. The Bertz CT molecular complexity index is 1330. The number of aromatic nitrogens is 3. The number of carbonyl (C=O) groups excluding carboxylic acids is 2. The van der Waals surface area contributed by atoms with E-state index in [1.807, 2.05) is 19.9 Å². The van der Waals surface area contributed by atoms with Crippen molar-refractivity contribution in [1.82, 2.24) is 18.9 Å². The predicted molar refractivity (Wildman–Crippen MR) is 118 cm³/mol. The Morgan fingerprint density at radius 2 is 1.94 bits per heavy atom. The molecule has 1 saturated heterocycles. The van der Waals surface area contributed by atoms with Crippen LogP contribution in [0, 0.1) is 18.3 Å². The van der Waals surface area contributed by atoms with Crippen LogP contribution in [0.3, 0.4) is 0 Å². The van der Waals surface area contributed by atoms with E-state index in [0.717, 1.165) is 5.56 Å². The van der Waals surface area contributed by atoms with Gasteiger partial charge in [0, 0.05) is 25.8 Å². The molecule has 0 unspecified atom stereocenters. The molecular weight excluding hydrogens is 410 g/mol. The lowest BCUT2D eigenvalue weighted by molar-refractivity contribution is -0.149. The summed E-state index contributed by atoms with van der Waals surface area (Å²) >= 11 is 0. The standard InChI is InChI=1S/C23H27N5O4/c1-4-27-18(24)16(21(29)26-11-8-15(9-12-26)23(31)32-5-2)13-17-20(27)25-19-14(3)7-6-10-28(19)22(17)30/h6-7,10,13,15,24H,4-5,8-9,11-12H2,1-3H3. The average Bonchev–Trinajstić information content (AvgIpc) is 2.79. The lowest BCUT2D eigenvalue weighted by Gasteiger charge is -2.31. The molecule has 9 nitrogen and oxygen atoms in total. The summed E-state index contributed by atoms with van der Waals surface area (Å²) in [6.07, 6.45) is 2.70. The molecule has 1 aliphatic rings. The van der Waals surface area contributed by atoms with E-state index in [0.29, 0.717) is 55.8 Å². The fourth-order valence-electron chi connectivity index (χ4n) is 4.32. The SMILES string of the molecule is CCOC(=O)C1CCN(C(=O)c2cc3c(=O)n4cccc(C)c4nc3n(CC)c2=N)CC1. The van der Waals surface area contributed by atoms with Crippen molar-refractivity contribution >= 4 is 28.6 Å². The first-order chi connectivity index (χ1) is 15.4. The Hall–Kier alpha value is -3.49. The second kappa shape index (κ2) is 8.57. The van der Waals surface area contributed by atoms with Crippen molar-refractivity contribution < 1.29 is 14.3 Å². The van der Waals surface area contributed by atoms with Crippen LogP contribution in [0.25, 0.3) is 16.7 Å². The van der Waals surface area contributed by atoms with Gasteiger partial charge >= 0.3 is 5.97 Å². The summed E-state index contributed by atoms with van der Waals surface area (Å²) in [5.41, 5.74) is 1.71. The van der Waals surface area contributed by atoms with E-state index in [4.69, 9.17) is 10.1 Å². The summed E-state index contributed by atoms with van der Waals surface area (Å²) in [5.74, 6) is -0.748. The molecule has 0 aromatic carbocycles. The van der Waals surface area contributed by atoms with Crippen LogP contribution in [0.1, 0.15) is 42.6 Å². The Balaban J connectivity index is 1.76. The summed E-state index contributed by atoms with van der Waals surface area (Å²) in [6.45, 7) is 7.06. The minimum absolute atomic E-state index is 0.0300. The number of esters is 1. The van der Waals surface area contributed by atoms with Gasteiger partial charge in [0.15, 0.2) is 0 Å². The normalized spacial score (nSPS) is 14.8. The van der Waals surface area contributed by atoms with E-state index in [2.05, 4.69) is 4.98 Å². The molecule has 32 heavy (non-hydrogen) atoms. The molecule has 0 spiro atoms. The highest BCUT2D eigenvalue weighted by molar-refractivity contribution is 5.97. The lowest BCUT2D eigenvalue weighted by atomic mass is 9.96. The number of hydrogen-bond acceptors (Lipinski definition) is 6. The van der Waals surface area contributed by atoms with Gasteiger partial charge in [-0.1, -0.05) is 6.07 Å². The Labute approximate surface area is 184 Å². The van der Waals surface area contributed by atoms with Crippen LogP contribution in [0.15, 0.2) is 29.2 Å². The zero-order valence-corrected chi connectivity index (χ0v) is 18.6. The van der Waals surface area contributed by atoms with Crippen molar-refractivity contribution in [3.05, 3.63) is 51.4 Å². The number of nitrogens with one attached hydrogen (secondary N) is 1. The molecule has 4 heterocycles. The van der Waals surface area contributed by atoms with Crippen molar-refractivity contribution in [2.45, 2.75) is 40.2 Å². The van der Waals surface area contributed by atoms with E-state index < -0.39 is 0 Å². The average molecular weight is 438 g/mol. The second-order valence-electron chi connectivity index (χ2n) is 8.01. The molecule has 3 aromatic heterocycles. The van der Waals surface area contributed by atoms with Crippen molar-refractivity contribution in [2.75, 3.05) is 19.7 Å². The topological polar surface area (TPSA) is 110 Å². The van der Waals surface area contributed by atoms with Crippen molar-refractivity contribution in [3.63, 3.8) is 0 Å². The summed E-state index contributed by atoms with van der Waals surface area (Å²) in [7, 11) is 0. The molecule has 1 amide bonds. The van der Waals surface area contributed by atoms with Gasteiger partial charge < -0.3 is 14.2 Å². The Morgan fingerprint density at radius 1 is 1.22 bits per heavy atom. The minimum atomic E-state index is -0.310. The molecule has 0 aliphatic carbocycles. The number of hydrogen-bond donors (Lipinski definition) is 1. The van der Waals surface area contributed by atoms with Gasteiger partial charge in [0.25, 0.3) is 11.5 Å². The highest BCUT2D eigenvalue weighted by Crippen LogP contribution is 2.21. The maximum atomic E-state index is 13.3. The third kappa shape index (κ3) is 3.57. The van der Waals surface area contributed by atoms with E-state index in [-0.39, 0.29) is 34.4 Å². The minimum Gasteiger partial charge on any atom is -0.466 e. The van der Waals surface area contributed by atoms with E-state index in [9.17, 15) is 14.4 Å². The summed E-state index contributed by atoms with van der Waals surface area (Å²) in [6, 6.07) is 5.15. The number of pyridine rings is 2. The number of rotatable bonds is 4. The second-order valence-corrected chi connectivity index (χ2v) is 8.01. The molecule has 3 aromatic rings. The monoisotopic (exact) mass is 437 g/mol. The van der Waals surface area contributed by atoms with Crippen molar-refractivity contribution in [2.24, 2.45) is 5.92 Å². The fourth-order valence-corrected chi connectivity index (χ4v) is 4.32. The van der Waals surface area contributed by atoms with Crippen LogP contribution in [0.4, 0.5) is 0 Å². The van der Waals surface area contributed by atoms with Crippen molar-refractivity contribution in [1.29, 1.82) is 5.41 Å². The molecule has 4 rings (SSSR count). The number of ether oxygens (including phenoxy) is 1. The third-order valence-corrected chi connectivity index (χ3v) is 6.08. The quantitative estimate of drug-likeness (QED) is 0.495. The number of likely N-dealkylation sites (tertiary alicyclic amines) is 1. The summed E-state index contributed by atoms with van der Waals surface area (Å²) in [5, 5.41) is 8.97. The molecule has 0 atom stereocenters. The maximum absolute atomic E-state index is 13.3. The van der Waals surface area contributed by atoms with E-state index in [1.54, 1.807) is 28.7 Å². The summed E-state index contributed by atoms with van der Waals surface area (Å²) in [4.78, 5) is 44.8. The zero-order chi connectivity index (χ0) is 23.0. The molecule has 9 heteroatoms. The number of aryl methyl sites for hydroxylation is 2. The highest BCUT2D eigenvalue weighted by Gasteiger charge is 2.30. The number of fused-ring (bicyclic) bond motifs is 2. The van der Waals surface area contributed by atoms with Crippen LogP contribution in [-0.2, 0) is 16.1 Å². The molecule has 0 radical (unpaired) electrons. The first-order valence-electron chi connectivity index (χ1n) is 10.9. The molecule has 168 valence electrons. The Morgan fingerprint density at radius 3 is 2.59 bits per heavy atom. The molecule has 1 fully saturated rings. The van der Waals surface area contributed by atoms with Gasteiger partial charge in [0.1, 0.15) is 16.8 Å². The first kappa shape index (κ1) is 21.7. The zero-order valence-electron chi connectivity index (χ0n) is 18.6. The van der Waals surface area contributed by atoms with Gasteiger partial charge in [-0.05, 0) is 51.3 Å².